The van der Waals surface area contributed by atoms with Crippen molar-refractivity contribution < 1.29 is 4.42 Å². The molecule has 2 nitrogen and oxygen atoms in total. The molecule has 0 N–H and O–H groups in total. The van der Waals surface area contributed by atoms with Gasteiger partial charge in [-0.3, -0.25) is 4.79 Å². The second-order valence-electron chi connectivity index (χ2n) is 3.42. The molecule has 0 amide bonds. The smallest absolute Gasteiger partial charge is 0.200 e. The molecule has 16 heavy (non-hydrogen) atoms. The fourth-order valence-corrected chi connectivity index (χ4v) is 1.75. The minimum absolute atomic E-state index is 0. The van der Waals surface area contributed by atoms with Crippen molar-refractivity contribution in [2.75, 3.05) is 0 Å². The summed E-state index contributed by atoms with van der Waals surface area (Å²) in [7, 11) is 0. The van der Waals surface area contributed by atoms with Gasteiger partial charge in [0.05, 0.1) is 10.8 Å². The van der Waals surface area contributed by atoms with Crippen LogP contribution in [0.4, 0.5) is 0 Å². The topological polar surface area (TPSA) is 30.2 Å². The van der Waals surface area contributed by atoms with E-state index in [-0.39, 0.29) is 29.4 Å². The van der Waals surface area contributed by atoms with Gasteiger partial charge in [0, 0.05) is 0 Å². The first-order valence-corrected chi connectivity index (χ1v) is 4.77. The van der Waals surface area contributed by atoms with Crippen LogP contribution in [0.15, 0.2) is 57.7 Å². The molecule has 0 fully saturated rings. The van der Waals surface area contributed by atoms with E-state index in [4.69, 9.17) is 4.42 Å². The van der Waals surface area contributed by atoms with Gasteiger partial charge in [0.15, 0.2) is 0 Å². The standard InChI is InChI=1S/C13H8O2.HI/c14-13-9-5-1-3-7-11(9)15-12-8-4-2-6-10(12)13;/h1-8H;1H. The van der Waals surface area contributed by atoms with Crippen LogP contribution in [0.2, 0.25) is 0 Å². The molecular weight excluding hydrogens is 315 g/mol. The van der Waals surface area contributed by atoms with Crippen LogP contribution in [0.1, 0.15) is 0 Å². The summed E-state index contributed by atoms with van der Waals surface area (Å²) in [6.45, 7) is 0. The number of hydrogen-bond acceptors (Lipinski definition) is 2. The van der Waals surface area contributed by atoms with Gasteiger partial charge >= 0.3 is 0 Å². The van der Waals surface area contributed by atoms with E-state index in [9.17, 15) is 4.79 Å². The lowest BCUT2D eigenvalue weighted by Gasteiger charge is -1.99. The van der Waals surface area contributed by atoms with Crippen LogP contribution >= 0.6 is 24.0 Å². The summed E-state index contributed by atoms with van der Waals surface area (Å²) in [6, 6.07) is 14.6. The third kappa shape index (κ3) is 1.61. The van der Waals surface area contributed by atoms with E-state index in [1.54, 1.807) is 12.1 Å². The van der Waals surface area contributed by atoms with Gasteiger partial charge in [0.2, 0.25) is 5.43 Å². The van der Waals surface area contributed by atoms with Gasteiger partial charge in [-0.2, -0.15) is 0 Å². The molecule has 0 saturated carbocycles. The summed E-state index contributed by atoms with van der Waals surface area (Å²) in [5.74, 6) is 0. The van der Waals surface area contributed by atoms with E-state index in [1.165, 1.54) is 0 Å². The molecule has 0 bridgehead atoms. The van der Waals surface area contributed by atoms with Gasteiger partial charge in [0.1, 0.15) is 11.2 Å². The van der Waals surface area contributed by atoms with Crippen molar-refractivity contribution >= 4 is 45.9 Å². The largest absolute Gasteiger partial charge is 0.456 e. The maximum atomic E-state index is 12.0. The molecule has 1 aromatic heterocycles. The first-order valence-electron chi connectivity index (χ1n) is 4.77. The monoisotopic (exact) mass is 324 g/mol. The Morgan fingerprint density at radius 3 is 1.69 bits per heavy atom. The van der Waals surface area contributed by atoms with E-state index < -0.39 is 0 Å². The Bertz CT molecular complexity index is 644. The highest BCUT2D eigenvalue weighted by molar-refractivity contribution is 14.0. The summed E-state index contributed by atoms with van der Waals surface area (Å²) < 4.78 is 5.63. The second kappa shape index (κ2) is 4.25. The SMILES string of the molecule is I.O=c1c2ccccc2oc2ccccc12. The molecule has 3 aromatic rings. The van der Waals surface area contributed by atoms with Gasteiger partial charge in [0.25, 0.3) is 0 Å². The maximum absolute atomic E-state index is 12.0. The van der Waals surface area contributed by atoms with Crippen LogP contribution in [0.25, 0.3) is 21.9 Å². The van der Waals surface area contributed by atoms with Crippen LogP contribution in [-0.4, -0.2) is 0 Å². The highest BCUT2D eigenvalue weighted by Gasteiger charge is 2.04. The minimum Gasteiger partial charge on any atom is -0.456 e. The van der Waals surface area contributed by atoms with E-state index in [1.807, 2.05) is 36.4 Å². The Labute approximate surface area is 109 Å². The Kier molecular flexibility index (Phi) is 2.96. The zero-order valence-corrected chi connectivity index (χ0v) is 10.7. The average molecular weight is 324 g/mol. The fraction of sp³-hybridized carbons (Fsp3) is 0. The highest BCUT2D eigenvalue weighted by Crippen LogP contribution is 2.17. The summed E-state index contributed by atoms with van der Waals surface area (Å²) in [6.07, 6.45) is 0. The van der Waals surface area contributed by atoms with Gasteiger partial charge in [-0.1, -0.05) is 24.3 Å². The number of fused-ring (bicyclic) bond motifs is 2. The molecule has 80 valence electrons. The van der Waals surface area contributed by atoms with E-state index >= 15 is 0 Å². The molecule has 0 aliphatic carbocycles. The second-order valence-corrected chi connectivity index (χ2v) is 3.42. The summed E-state index contributed by atoms with van der Waals surface area (Å²) in [5.41, 5.74) is 1.31. The van der Waals surface area contributed by atoms with Gasteiger partial charge < -0.3 is 4.42 Å². The van der Waals surface area contributed by atoms with Crippen molar-refractivity contribution in [1.82, 2.24) is 0 Å². The number of halogens is 1. The molecule has 3 rings (SSSR count). The van der Waals surface area contributed by atoms with Crippen molar-refractivity contribution in [2.45, 2.75) is 0 Å². The number of para-hydroxylation sites is 2. The third-order valence-electron chi connectivity index (χ3n) is 2.48. The molecule has 0 aliphatic rings. The van der Waals surface area contributed by atoms with Crippen molar-refractivity contribution in [3.05, 3.63) is 58.8 Å². The van der Waals surface area contributed by atoms with Crippen LogP contribution in [0.5, 0.6) is 0 Å². The zero-order valence-electron chi connectivity index (χ0n) is 8.34. The number of rotatable bonds is 0. The third-order valence-corrected chi connectivity index (χ3v) is 2.48. The lowest BCUT2D eigenvalue weighted by atomic mass is 10.1. The fourth-order valence-electron chi connectivity index (χ4n) is 1.75. The Morgan fingerprint density at radius 1 is 0.750 bits per heavy atom. The molecule has 0 atom stereocenters. The van der Waals surface area contributed by atoms with Gasteiger partial charge in [-0.05, 0) is 24.3 Å². The van der Waals surface area contributed by atoms with Crippen molar-refractivity contribution in [1.29, 1.82) is 0 Å². The predicted octanol–water partition coefficient (Wildman–Crippen LogP) is 3.56. The van der Waals surface area contributed by atoms with E-state index in [0.29, 0.717) is 21.9 Å². The molecule has 0 radical (unpaired) electrons. The first kappa shape index (κ1) is 11.1. The average Bonchev–Trinajstić information content (AvgIpc) is 2.30. The van der Waals surface area contributed by atoms with E-state index in [0.717, 1.165) is 0 Å². The van der Waals surface area contributed by atoms with Gasteiger partial charge in [-0.15, -0.1) is 24.0 Å². The lowest BCUT2D eigenvalue weighted by molar-refractivity contribution is 0.660. The number of benzene rings is 2. The molecule has 0 saturated heterocycles. The van der Waals surface area contributed by atoms with E-state index in [2.05, 4.69) is 0 Å². The first-order chi connectivity index (χ1) is 7.36. The molecule has 0 spiro atoms. The molecule has 0 aliphatic heterocycles. The number of hydrogen-bond donors (Lipinski definition) is 0. The van der Waals surface area contributed by atoms with Crippen molar-refractivity contribution in [2.24, 2.45) is 0 Å². The van der Waals surface area contributed by atoms with Crippen molar-refractivity contribution in [3.8, 4) is 0 Å². The maximum Gasteiger partial charge on any atom is 0.200 e. The predicted molar refractivity (Wildman–Crippen MR) is 75.4 cm³/mol. The molecular formula is C13H9IO2. The molecule has 2 aromatic carbocycles. The quantitative estimate of drug-likeness (QED) is 0.467. The zero-order chi connectivity index (χ0) is 10.3. The van der Waals surface area contributed by atoms with Crippen LogP contribution in [-0.2, 0) is 0 Å². The minimum atomic E-state index is 0. The normalized spacial score (nSPS) is 10.2. The van der Waals surface area contributed by atoms with Crippen molar-refractivity contribution in [3.63, 3.8) is 0 Å². The summed E-state index contributed by atoms with van der Waals surface area (Å²) >= 11 is 0. The van der Waals surface area contributed by atoms with Crippen LogP contribution < -0.4 is 5.43 Å². The summed E-state index contributed by atoms with van der Waals surface area (Å²) in [4.78, 5) is 12.0. The highest BCUT2D eigenvalue weighted by atomic mass is 127. The molecule has 1 heterocycles. The van der Waals surface area contributed by atoms with Gasteiger partial charge in [-0.25, -0.2) is 0 Å². The summed E-state index contributed by atoms with van der Waals surface area (Å²) in [5, 5.41) is 1.27. The Morgan fingerprint density at radius 2 is 1.19 bits per heavy atom. The Balaban J connectivity index is 0.000000963. The molecule has 3 heteroatoms. The Hall–Kier alpha value is -1.36. The molecule has 0 unspecified atom stereocenters. The van der Waals surface area contributed by atoms with Crippen LogP contribution in [0.3, 0.4) is 0 Å². The lowest BCUT2D eigenvalue weighted by Crippen LogP contribution is -2.01. The van der Waals surface area contributed by atoms with Crippen LogP contribution in [0, 0.1) is 0 Å².